The smallest absolute Gasteiger partial charge is 0.323 e. The molecule has 0 heterocycles. The van der Waals surface area contributed by atoms with E-state index in [4.69, 9.17) is 9.84 Å². The third-order valence-corrected chi connectivity index (χ3v) is 3.20. The second-order valence-corrected chi connectivity index (χ2v) is 4.94. The van der Waals surface area contributed by atoms with Gasteiger partial charge in [-0.2, -0.15) is 0 Å². The summed E-state index contributed by atoms with van der Waals surface area (Å²) in [4.78, 5) is 12.8. The maximum Gasteiger partial charge on any atom is 0.323 e. The van der Waals surface area contributed by atoms with E-state index in [1.807, 2.05) is 0 Å². The number of halogens is 1. The van der Waals surface area contributed by atoms with Crippen LogP contribution in [0.1, 0.15) is 20.3 Å². The molecule has 0 saturated heterocycles. The Morgan fingerprint density at radius 3 is 2.47 bits per heavy atom. The van der Waals surface area contributed by atoms with Crippen LogP contribution in [-0.2, 0) is 4.79 Å². The number of aliphatic carboxylic acids is 1. The molecule has 0 atom stereocenters. The van der Waals surface area contributed by atoms with Crippen LogP contribution in [0.15, 0.2) is 24.3 Å². The van der Waals surface area contributed by atoms with Gasteiger partial charge in [-0.05, 0) is 51.6 Å². The summed E-state index contributed by atoms with van der Waals surface area (Å²) in [6.07, 6.45) is 0.699. The lowest BCUT2D eigenvalue weighted by Gasteiger charge is -2.31. The van der Waals surface area contributed by atoms with Gasteiger partial charge in [0.05, 0.1) is 6.61 Å². The highest BCUT2D eigenvalue weighted by atomic mass is 19.1. The summed E-state index contributed by atoms with van der Waals surface area (Å²) in [5, 5.41) is 9.06. The van der Waals surface area contributed by atoms with Crippen molar-refractivity contribution in [2.45, 2.75) is 25.8 Å². The molecular weight excluding hydrogens is 249 g/mol. The fourth-order valence-electron chi connectivity index (χ4n) is 1.47. The molecule has 0 unspecified atom stereocenters. The van der Waals surface area contributed by atoms with E-state index in [2.05, 4.69) is 0 Å². The lowest BCUT2D eigenvalue weighted by atomic mass is 10.0. The van der Waals surface area contributed by atoms with Crippen LogP contribution in [0.3, 0.4) is 0 Å². The van der Waals surface area contributed by atoms with Crippen LogP contribution in [0.2, 0.25) is 0 Å². The van der Waals surface area contributed by atoms with Crippen LogP contribution in [0.5, 0.6) is 5.75 Å². The van der Waals surface area contributed by atoms with E-state index in [1.165, 1.54) is 12.1 Å². The van der Waals surface area contributed by atoms with Crippen LogP contribution >= 0.6 is 0 Å². The predicted octanol–water partition coefficient (Wildman–Crippen LogP) is 2.39. The molecule has 0 saturated carbocycles. The molecule has 0 bridgehead atoms. The maximum absolute atomic E-state index is 12.7. The molecular formula is C14H20FNO3. The Hall–Kier alpha value is -1.62. The molecule has 0 radical (unpaired) electrons. The van der Waals surface area contributed by atoms with E-state index in [9.17, 15) is 9.18 Å². The monoisotopic (exact) mass is 269 g/mol. The zero-order valence-corrected chi connectivity index (χ0v) is 11.5. The van der Waals surface area contributed by atoms with Crippen LogP contribution in [0.25, 0.3) is 0 Å². The van der Waals surface area contributed by atoms with Gasteiger partial charge in [-0.15, -0.1) is 0 Å². The summed E-state index contributed by atoms with van der Waals surface area (Å²) in [6, 6.07) is 5.82. The van der Waals surface area contributed by atoms with E-state index in [0.717, 1.165) is 0 Å². The highest BCUT2D eigenvalue weighted by Crippen LogP contribution is 2.14. The number of hydrogen-bond acceptors (Lipinski definition) is 3. The van der Waals surface area contributed by atoms with Gasteiger partial charge in [0.1, 0.15) is 17.1 Å². The summed E-state index contributed by atoms with van der Waals surface area (Å²) in [5.41, 5.74) is -0.893. The Balaban J connectivity index is 2.31. The van der Waals surface area contributed by atoms with Gasteiger partial charge in [0, 0.05) is 6.54 Å². The number of nitrogens with zero attached hydrogens (tertiary/aromatic N) is 1. The van der Waals surface area contributed by atoms with E-state index >= 15 is 0 Å². The molecule has 5 heteroatoms. The van der Waals surface area contributed by atoms with Gasteiger partial charge < -0.3 is 9.84 Å². The minimum absolute atomic E-state index is 0.296. The van der Waals surface area contributed by atoms with Crippen LogP contribution in [0, 0.1) is 5.82 Å². The van der Waals surface area contributed by atoms with Gasteiger partial charge in [-0.25, -0.2) is 4.39 Å². The number of ether oxygens (including phenoxy) is 1. The standard InChI is InChI=1S/C14H20FNO3/c1-14(2,13(17)18)16(3)9-4-10-19-12-7-5-11(15)6-8-12/h5-8H,4,9-10H2,1-3H3,(H,17,18). The lowest BCUT2D eigenvalue weighted by molar-refractivity contribution is -0.148. The zero-order chi connectivity index (χ0) is 14.5. The number of carboxylic acid groups (broad SMARTS) is 1. The van der Waals surface area contributed by atoms with Crippen molar-refractivity contribution in [1.82, 2.24) is 4.90 Å². The van der Waals surface area contributed by atoms with Crippen LogP contribution in [-0.4, -0.2) is 41.7 Å². The lowest BCUT2D eigenvalue weighted by Crippen LogP contribution is -2.48. The summed E-state index contributed by atoms with van der Waals surface area (Å²) in [7, 11) is 1.77. The second kappa shape index (κ2) is 6.52. The normalized spacial score (nSPS) is 11.6. The minimum atomic E-state index is -0.893. The summed E-state index contributed by atoms with van der Waals surface area (Å²) >= 11 is 0. The van der Waals surface area contributed by atoms with Crippen LogP contribution < -0.4 is 4.74 Å². The molecule has 1 aromatic carbocycles. The summed E-state index contributed by atoms with van der Waals surface area (Å²) in [5.74, 6) is -0.536. The van der Waals surface area contributed by atoms with Crippen molar-refractivity contribution >= 4 is 5.97 Å². The molecule has 0 aromatic heterocycles. The van der Waals surface area contributed by atoms with Gasteiger partial charge in [0.2, 0.25) is 0 Å². The average Bonchev–Trinajstić information content (AvgIpc) is 2.36. The molecule has 106 valence electrons. The van der Waals surface area contributed by atoms with E-state index in [1.54, 1.807) is 37.9 Å². The third-order valence-electron chi connectivity index (χ3n) is 3.20. The Morgan fingerprint density at radius 2 is 1.95 bits per heavy atom. The maximum atomic E-state index is 12.7. The first-order valence-electron chi connectivity index (χ1n) is 6.17. The quantitative estimate of drug-likeness (QED) is 0.772. The fraction of sp³-hybridized carbons (Fsp3) is 0.500. The number of benzene rings is 1. The largest absolute Gasteiger partial charge is 0.494 e. The van der Waals surface area contributed by atoms with E-state index in [0.29, 0.717) is 25.3 Å². The molecule has 0 fully saturated rings. The van der Waals surface area contributed by atoms with Crippen molar-refractivity contribution in [1.29, 1.82) is 0 Å². The van der Waals surface area contributed by atoms with E-state index in [-0.39, 0.29) is 5.82 Å². The SMILES string of the molecule is CN(CCCOc1ccc(F)cc1)C(C)(C)C(=O)O. The Bertz CT molecular complexity index is 417. The van der Waals surface area contributed by atoms with Crippen molar-refractivity contribution in [3.63, 3.8) is 0 Å². The molecule has 0 aliphatic heterocycles. The van der Waals surface area contributed by atoms with Crippen molar-refractivity contribution < 1.29 is 19.0 Å². The number of carboxylic acids is 1. The first kappa shape index (κ1) is 15.4. The zero-order valence-electron chi connectivity index (χ0n) is 11.5. The molecule has 0 spiro atoms. The third kappa shape index (κ3) is 4.52. The minimum Gasteiger partial charge on any atom is -0.494 e. The van der Waals surface area contributed by atoms with Crippen molar-refractivity contribution in [2.75, 3.05) is 20.2 Å². The summed E-state index contributed by atoms with van der Waals surface area (Å²) < 4.78 is 18.1. The molecule has 0 aliphatic carbocycles. The molecule has 1 N–H and O–H groups in total. The first-order chi connectivity index (χ1) is 8.84. The Kier molecular flexibility index (Phi) is 5.30. The highest BCUT2D eigenvalue weighted by Gasteiger charge is 2.31. The second-order valence-electron chi connectivity index (χ2n) is 4.94. The molecule has 0 amide bonds. The highest BCUT2D eigenvalue weighted by molar-refractivity contribution is 5.77. The molecule has 1 rings (SSSR count). The Morgan fingerprint density at radius 1 is 1.37 bits per heavy atom. The van der Waals surface area contributed by atoms with Crippen molar-refractivity contribution in [3.8, 4) is 5.75 Å². The van der Waals surface area contributed by atoms with Crippen molar-refractivity contribution in [2.24, 2.45) is 0 Å². The van der Waals surface area contributed by atoms with Gasteiger partial charge >= 0.3 is 5.97 Å². The van der Waals surface area contributed by atoms with Gasteiger partial charge in [-0.1, -0.05) is 0 Å². The van der Waals surface area contributed by atoms with Gasteiger partial charge in [-0.3, -0.25) is 9.69 Å². The topological polar surface area (TPSA) is 49.8 Å². The van der Waals surface area contributed by atoms with Crippen molar-refractivity contribution in [3.05, 3.63) is 30.1 Å². The molecule has 1 aromatic rings. The molecule has 4 nitrogen and oxygen atoms in total. The first-order valence-corrected chi connectivity index (χ1v) is 6.17. The number of hydrogen-bond donors (Lipinski definition) is 1. The van der Waals surface area contributed by atoms with Gasteiger partial charge in [0.25, 0.3) is 0 Å². The Labute approximate surface area is 112 Å². The molecule has 0 aliphatic rings. The number of likely N-dealkylation sites (N-methyl/N-ethyl adjacent to an activating group) is 1. The number of carbonyl (C=O) groups is 1. The number of rotatable bonds is 7. The van der Waals surface area contributed by atoms with E-state index < -0.39 is 11.5 Å². The fourth-order valence-corrected chi connectivity index (χ4v) is 1.47. The summed E-state index contributed by atoms with van der Waals surface area (Å²) in [6.45, 7) is 4.40. The average molecular weight is 269 g/mol. The van der Waals surface area contributed by atoms with Gasteiger partial charge in [0.15, 0.2) is 0 Å². The predicted molar refractivity (Wildman–Crippen MR) is 70.9 cm³/mol. The van der Waals surface area contributed by atoms with Crippen LogP contribution in [0.4, 0.5) is 4.39 Å². The molecule has 19 heavy (non-hydrogen) atoms.